The van der Waals surface area contributed by atoms with Crippen molar-refractivity contribution in [3.05, 3.63) is 64.3 Å². The van der Waals surface area contributed by atoms with Gasteiger partial charge in [0.1, 0.15) is 11.6 Å². The number of halogens is 2. The first-order valence-electron chi connectivity index (χ1n) is 6.48. The molecule has 7 heteroatoms. The summed E-state index contributed by atoms with van der Waals surface area (Å²) in [5.74, 6) is -0.546. The Labute approximate surface area is 143 Å². The molecular weight excluding hydrogens is 335 g/mol. The van der Waals surface area contributed by atoms with Crippen LogP contribution in [-0.2, 0) is 4.79 Å². The minimum absolute atomic E-state index is 0.104. The molecule has 23 heavy (non-hydrogen) atoms. The molecule has 0 aliphatic rings. The average Bonchev–Trinajstić information content (AvgIpc) is 2.52. The third-order valence-corrected chi connectivity index (χ3v) is 3.38. The number of anilines is 3. The van der Waals surface area contributed by atoms with Gasteiger partial charge < -0.3 is 16.4 Å². The van der Waals surface area contributed by atoms with Gasteiger partial charge in [-0.05, 0) is 42.5 Å². The van der Waals surface area contributed by atoms with Crippen molar-refractivity contribution in [2.45, 2.75) is 0 Å². The molecule has 2 aromatic rings. The molecule has 0 heterocycles. The van der Waals surface area contributed by atoms with E-state index in [1.165, 1.54) is 6.20 Å². The molecule has 0 bridgehead atoms. The number of nitrogens with one attached hydrogen (secondary N) is 2. The zero-order valence-corrected chi connectivity index (χ0v) is 13.3. The molecule has 1 amide bonds. The van der Waals surface area contributed by atoms with Crippen LogP contribution in [0.3, 0.4) is 0 Å². The molecule has 0 aliphatic heterocycles. The highest BCUT2D eigenvalue weighted by Gasteiger charge is 2.09. The van der Waals surface area contributed by atoms with Crippen molar-refractivity contribution in [2.24, 2.45) is 0 Å². The van der Waals surface area contributed by atoms with E-state index in [4.69, 9.17) is 34.2 Å². The SMILES string of the molecule is N#C/C(=C/Nc1ccc(Cl)cc1Cl)C(=O)Nc1ccc(N)cc1. The van der Waals surface area contributed by atoms with E-state index in [2.05, 4.69) is 10.6 Å². The lowest BCUT2D eigenvalue weighted by Crippen LogP contribution is -2.14. The van der Waals surface area contributed by atoms with Crippen LogP contribution in [0.15, 0.2) is 54.2 Å². The van der Waals surface area contributed by atoms with E-state index in [-0.39, 0.29) is 5.57 Å². The Balaban J connectivity index is 2.10. The molecule has 0 aliphatic carbocycles. The maximum atomic E-state index is 12.1. The molecule has 0 saturated heterocycles. The van der Waals surface area contributed by atoms with Crippen LogP contribution in [0.1, 0.15) is 0 Å². The van der Waals surface area contributed by atoms with Gasteiger partial charge in [-0.1, -0.05) is 23.2 Å². The van der Waals surface area contributed by atoms with E-state index < -0.39 is 5.91 Å². The first-order chi connectivity index (χ1) is 11.0. The van der Waals surface area contributed by atoms with Crippen LogP contribution < -0.4 is 16.4 Å². The number of hydrogen-bond donors (Lipinski definition) is 3. The number of nitrogens with two attached hydrogens (primary N) is 1. The second-order valence-electron chi connectivity index (χ2n) is 4.51. The predicted molar refractivity (Wildman–Crippen MR) is 93.3 cm³/mol. The first-order valence-corrected chi connectivity index (χ1v) is 7.24. The fourth-order valence-electron chi connectivity index (χ4n) is 1.67. The van der Waals surface area contributed by atoms with E-state index in [9.17, 15) is 4.79 Å². The van der Waals surface area contributed by atoms with Crippen molar-refractivity contribution in [3.63, 3.8) is 0 Å². The van der Waals surface area contributed by atoms with E-state index in [0.29, 0.717) is 27.1 Å². The van der Waals surface area contributed by atoms with Crippen LogP contribution >= 0.6 is 23.2 Å². The normalized spacial score (nSPS) is 10.7. The Morgan fingerprint density at radius 2 is 1.87 bits per heavy atom. The summed E-state index contributed by atoms with van der Waals surface area (Å²) in [6.07, 6.45) is 1.28. The van der Waals surface area contributed by atoms with Crippen molar-refractivity contribution in [1.82, 2.24) is 0 Å². The van der Waals surface area contributed by atoms with Gasteiger partial charge in [0.15, 0.2) is 0 Å². The third-order valence-electron chi connectivity index (χ3n) is 2.84. The second kappa shape index (κ2) is 7.54. The minimum atomic E-state index is -0.546. The van der Waals surface area contributed by atoms with Crippen LogP contribution in [0.25, 0.3) is 0 Å². The molecule has 4 N–H and O–H groups in total. The molecule has 116 valence electrons. The number of nitrogens with zero attached hydrogens (tertiary/aromatic N) is 1. The minimum Gasteiger partial charge on any atom is -0.399 e. The molecule has 0 fully saturated rings. The van der Waals surface area contributed by atoms with Crippen molar-refractivity contribution < 1.29 is 4.79 Å². The van der Waals surface area contributed by atoms with Gasteiger partial charge >= 0.3 is 0 Å². The maximum absolute atomic E-state index is 12.1. The number of carbonyl (C=O) groups excluding carboxylic acids is 1. The zero-order valence-electron chi connectivity index (χ0n) is 11.8. The first kappa shape index (κ1) is 16.7. The summed E-state index contributed by atoms with van der Waals surface area (Å²) in [6.45, 7) is 0. The summed E-state index contributed by atoms with van der Waals surface area (Å²) in [7, 11) is 0. The number of hydrogen-bond acceptors (Lipinski definition) is 4. The van der Waals surface area contributed by atoms with E-state index in [0.717, 1.165) is 0 Å². The van der Waals surface area contributed by atoms with Gasteiger partial charge in [0.2, 0.25) is 0 Å². The van der Waals surface area contributed by atoms with Crippen molar-refractivity contribution in [2.75, 3.05) is 16.4 Å². The van der Waals surface area contributed by atoms with Gasteiger partial charge in [-0.2, -0.15) is 5.26 Å². The highest BCUT2D eigenvalue weighted by atomic mass is 35.5. The molecule has 2 aromatic carbocycles. The van der Waals surface area contributed by atoms with Gasteiger partial charge in [-0.25, -0.2) is 0 Å². The van der Waals surface area contributed by atoms with Gasteiger partial charge in [0.25, 0.3) is 5.91 Å². The lowest BCUT2D eigenvalue weighted by Gasteiger charge is -2.07. The topological polar surface area (TPSA) is 90.9 Å². The third kappa shape index (κ3) is 4.65. The summed E-state index contributed by atoms with van der Waals surface area (Å²) in [5.41, 5.74) is 7.12. The van der Waals surface area contributed by atoms with Gasteiger partial charge in [0, 0.05) is 22.6 Å². The van der Waals surface area contributed by atoms with Gasteiger partial charge in [-0.3, -0.25) is 4.79 Å². The lowest BCUT2D eigenvalue weighted by molar-refractivity contribution is -0.112. The van der Waals surface area contributed by atoms with E-state index >= 15 is 0 Å². The fraction of sp³-hybridized carbons (Fsp3) is 0. The van der Waals surface area contributed by atoms with Crippen LogP contribution in [0.2, 0.25) is 10.0 Å². The Morgan fingerprint density at radius 1 is 1.17 bits per heavy atom. The number of nitriles is 1. The zero-order chi connectivity index (χ0) is 16.8. The largest absolute Gasteiger partial charge is 0.399 e. The Hall–Kier alpha value is -2.68. The molecule has 5 nitrogen and oxygen atoms in total. The van der Waals surface area contributed by atoms with Crippen molar-refractivity contribution in [1.29, 1.82) is 5.26 Å². The molecule has 0 aromatic heterocycles. The van der Waals surface area contributed by atoms with E-state index in [1.807, 2.05) is 6.07 Å². The van der Waals surface area contributed by atoms with Crippen molar-refractivity contribution in [3.8, 4) is 6.07 Å². The number of nitrogen functional groups attached to an aromatic ring is 1. The molecule has 0 atom stereocenters. The Morgan fingerprint density at radius 3 is 2.48 bits per heavy atom. The molecule has 2 rings (SSSR count). The fourth-order valence-corrected chi connectivity index (χ4v) is 2.13. The lowest BCUT2D eigenvalue weighted by atomic mass is 10.2. The Bertz CT molecular complexity index is 795. The summed E-state index contributed by atoms with van der Waals surface area (Å²) in [4.78, 5) is 12.1. The predicted octanol–water partition coefficient (Wildman–Crippen LogP) is 4.03. The quantitative estimate of drug-likeness (QED) is 0.442. The van der Waals surface area contributed by atoms with Gasteiger partial charge in [0.05, 0.1) is 10.7 Å². The van der Waals surface area contributed by atoms with Gasteiger partial charge in [-0.15, -0.1) is 0 Å². The number of rotatable bonds is 4. The summed E-state index contributed by atoms with van der Waals surface area (Å²) >= 11 is 11.8. The van der Waals surface area contributed by atoms with Crippen LogP contribution in [0.4, 0.5) is 17.1 Å². The highest BCUT2D eigenvalue weighted by molar-refractivity contribution is 6.36. The second-order valence-corrected chi connectivity index (χ2v) is 5.36. The number of amides is 1. The molecule has 0 unspecified atom stereocenters. The molecule has 0 radical (unpaired) electrons. The van der Waals surface area contributed by atoms with Crippen molar-refractivity contribution >= 4 is 46.2 Å². The standard InChI is InChI=1S/C16H12Cl2N4O/c17-11-1-6-15(14(18)7-11)21-9-10(8-19)16(23)22-13-4-2-12(20)3-5-13/h1-7,9,21H,20H2,(H,22,23)/b10-9-. The average molecular weight is 347 g/mol. The maximum Gasteiger partial charge on any atom is 0.267 e. The smallest absolute Gasteiger partial charge is 0.267 e. The number of carbonyl (C=O) groups is 1. The molecular formula is C16H12Cl2N4O. The monoisotopic (exact) mass is 346 g/mol. The van der Waals surface area contributed by atoms with Crippen LogP contribution in [0, 0.1) is 11.3 Å². The number of benzene rings is 2. The summed E-state index contributed by atoms with van der Waals surface area (Å²) in [6, 6.07) is 13.3. The summed E-state index contributed by atoms with van der Waals surface area (Å²) in [5, 5.41) is 15.4. The summed E-state index contributed by atoms with van der Waals surface area (Å²) < 4.78 is 0. The van der Waals surface area contributed by atoms with Crippen LogP contribution in [0.5, 0.6) is 0 Å². The van der Waals surface area contributed by atoms with E-state index in [1.54, 1.807) is 42.5 Å². The highest BCUT2D eigenvalue weighted by Crippen LogP contribution is 2.25. The Kier molecular flexibility index (Phi) is 5.47. The molecule has 0 spiro atoms. The molecule has 0 saturated carbocycles. The van der Waals surface area contributed by atoms with Crippen LogP contribution in [-0.4, -0.2) is 5.91 Å².